The molecule has 4 nitrogen and oxygen atoms in total. The van der Waals surface area contributed by atoms with Crippen LogP contribution in [0.3, 0.4) is 0 Å². The van der Waals surface area contributed by atoms with E-state index < -0.39 is 9.05 Å². The first kappa shape index (κ1) is 14.3. The highest BCUT2D eigenvalue weighted by Gasteiger charge is 2.10. The van der Waals surface area contributed by atoms with Gasteiger partial charge in [-0.25, -0.2) is 0 Å². The van der Waals surface area contributed by atoms with Crippen molar-refractivity contribution in [2.75, 3.05) is 25.4 Å². The summed E-state index contributed by atoms with van der Waals surface area (Å²) in [5.74, 6) is 0.561. The monoisotopic (exact) mass is 268 g/mol. The van der Waals surface area contributed by atoms with Crippen molar-refractivity contribution in [3.05, 3.63) is 0 Å². The standard InChI is InChI=1S/C10H21NO3S2/c12-16(13,14)15-10-6-2-5-9-11-7-3-1-4-8-11/h1-10H2,(H-,12,13,14)/p+1. The molecule has 0 radical (unpaired) electrons. The molecule has 0 aromatic rings. The second-order valence-corrected chi connectivity index (χ2v) is 7.78. The van der Waals surface area contributed by atoms with E-state index in [1.54, 1.807) is 0 Å². The molecule has 6 heteroatoms. The van der Waals surface area contributed by atoms with E-state index in [0.717, 1.165) is 36.1 Å². The summed E-state index contributed by atoms with van der Waals surface area (Å²) in [7, 11) is -2.83. The largest absolute Gasteiger partial charge is 0.430 e. The number of hydrogen-bond acceptors (Lipinski definition) is 2. The lowest BCUT2D eigenvalue weighted by Gasteiger charge is -2.26. The first-order chi connectivity index (χ1) is 7.58. The fraction of sp³-hybridized carbons (Fsp3) is 1.00. The van der Waals surface area contributed by atoms with E-state index in [1.165, 1.54) is 32.4 Å². The Labute approximate surface area is 102 Å². The maximum absolute atomic E-state index is 10.5. The molecule has 0 aliphatic carbocycles. The van der Waals surface area contributed by atoms with E-state index in [0.29, 0.717) is 5.75 Å². The smallest absolute Gasteiger partial charge is 0.303 e. The summed E-state index contributed by atoms with van der Waals surface area (Å²) in [6, 6.07) is 0. The van der Waals surface area contributed by atoms with Crippen LogP contribution < -0.4 is 0 Å². The third-order valence-corrected chi connectivity index (χ3v) is 4.99. The third-order valence-electron chi connectivity index (χ3n) is 2.80. The highest BCUT2D eigenvalue weighted by Crippen LogP contribution is 2.09. The molecule has 1 aliphatic heterocycles. The van der Waals surface area contributed by atoms with Crippen molar-refractivity contribution in [1.82, 2.24) is 4.90 Å². The molecule has 2 N–H and O–H groups in total. The number of hydrogen-bond donors (Lipinski definition) is 2. The number of unbranched alkanes of at least 4 members (excludes halogenated alkanes) is 2. The topological polar surface area (TPSA) is 60.8 Å². The van der Waals surface area contributed by atoms with Crippen LogP contribution in [0, 0.1) is 0 Å². The average Bonchev–Trinajstić information content (AvgIpc) is 2.23. The molecule has 0 amide bonds. The van der Waals surface area contributed by atoms with Crippen LogP contribution in [0.15, 0.2) is 0 Å². The first-order valence-electron chi connectivity index (χ1n) is 5.94. The summed E-state index contributed by atoms with van der Waals surface area (Å²) in [4.78, 5) is 2.50. The summed E-state index contributed by atoms with van der Waals surface area (Å²) >= 11 is 0. The van der Waals surface area contributed by atoms with Crippen LogP contribution in [0.2, 0.25) is 0 Å². The minimum atomic E-state index is -3.58. The zero-order chi connectivity index (χ0) is 11.9. The average molecular weight is 268 g/mol. The predicted molar refractivity (Wildman–Crippen MR) is 69.8 cm³/mol. The lowest BCUT2D eigenvalue weighted by Crippen LogP contribution is -2.30. The van der Waals surface area contributed by atoms with Crippen LogP contribution in [-0.2, 0) is 19.4 Å². The maximum Gasteiger partial charge on any atom is 0.430 e. The molecule has 96 valence electrons. The first-order valence-corrected chi connectivity index (χ1v) is 8.91. The zero-order valence-electron chi connectivity index (χ0n) is 9.64. The van der Waals surface area contributed by atoms with Crippen molar-refractivity contribution in [1.29, 1.82) is 0 Å². The van der Waals surface area contributed by atoms with Crippen molar-refractivity contribution < 1.29 is 13.3 Å². The molecular formula is C10H22NO3S2+. The normalized spacial score (nSPS) is 18.6. The van der Waals surface area contributed by atoms with Crippen molar-refractivity contribution in [2.45, 2.75) is 38.5 Å². The van der Waals surface area contributed by atoms with Crippen molar-refractivity contribution in [3.63, 3.8) is 0 Å². The maximum atomic E-state index is 10.5. The van der Waals surface area contributed by atoms with Gasteiger partial charge in [-0.15, -0.1) is 0 Å². The van der Waals surface area contributed by atoms with Crippen molar-refractivity contribution in [3.8, 4) is 0 Å². The van der Waals surface area contributed by atoms with E-state index >= 15 is 0 Å². The summed E-state index contributed by atoms with van der Waals surface area (Å²) in [6.45, 7) is 3.62. The van der Waals surface area contributed by atoms with E-state index in [9.17, 15) is 4.21 Å². The van der Waals surface area contributed by atoms with Gasteiger partial charge < -0.3 is 4.90 Å². The van der Waals surface area contributed by atoms with Gasteiger partial charge in [-0.3, -0.25) is 9.11 Å². The summed E-state index contributed by atoms with van der Waals surface area (Å²) in [5, 5.41) is 0. The van der Waals surface area contributed by atoms with Gasteiger partial charge in [0.15, 0.2) is 5.75 Å². The summed E-state index contributed by atoms with van der Waals surface area (Å²) in [5.41, 5.74) is 0. The summed E-state index contributed by atoms with van der Waals surface area (Å²) in [6.07, 6.45) is 7.14. The minimum absolute atomic E-state index is 0.561. The van der Waals surface area contributed by atoms with Crippen LogP contribution in [0.1, 0.15) is 38.5 Å². The molecule has 0 saturated carbocycles. The Balaban J connectivity index is 1.97. The van der Waals surface area contributed by atoms with Crippen LogP contribution in [-0.4, -0.2) is 43.6 Å². The molecular weight excluding hydrogens is 246 g/mol. The van der Waals surface area contributed by atoms with Gasteiger partial charge in [0, 0.05) is 6.42 Å². The zero-order valence-corrected chi connectivity index (χ0v) is 11.3. The second kappa shape index (κ2) is 7.55. The Morgan fingerprint density at radius 2 is 1.75 bits per heavy atom. The van der Waals surface area contributed by atoms with Crippen LogP contribution in [0.5, 0.6) is 0 Å². The molecule has 0 aromatic heterocycles. The number of likely N-dealkylation sites (tertiary alicyclic amines) is 1. The Bertz CT molecular complexity index is 286. The van der Waals surface area contributed by atoms with Crippen molar-refractivity contribution >= 4 is 19.4 Å². The van der Waals surface area contributed by atoms with E-state index in [-0.39, 0.29) is 0 Å². The Morgan fingerprint density at radius 3 is 2.38 bits per heavy atom. The molecule has 16 heavy (non-hydrogen) atoms. The van der Waals surface area contributed by atoms with Crippen LogP contribution >= 0.6 is 0 Å². The number of nitrogens with zero attached hydrogens (tertiary/aromatic N) is 1. The van der Waals surface area contributed by atoms with E-state index in [4.69, 9.17) is 9.11 Å². The molecule has 0 spiro atoms. The number of rotatable bonds is 6. The Kier molecular flexibility index (Phi) is 6.75. The lowest BCUT2D eigenvalue weighted by atomic mass is 10.1. The van der Waals surface area contributed by atoms with Gasteiger partial charge in [0.25, 0.3) is 10.3 Å². The Hall–Kier alpha value is 0.250. The summed E-state index contributed by atoms with van der Waals surface area (Å²) < 4.78 is 27.8. The molecule has 0 atom stereocenters. The SMILES string of the molecule is O=S(O)(O)=[S+]CCCCCN1CCCCC1. The highest BCUT2D eigenvalue weighted by molar-refractivity contribution is 8.34. The van der Waals surface area contributed by atoms with Gasteiger partial charge in [-0.05, 0) is 45.3 Å². The van der Waals surface area contributed by atoms with Crippen molar-refractivity contribution in [2.24, 2.45) is 0 Å². The molecule has 1 rings (SSSR count). The van der Waals surface area contributed by atoms with Gasteiger partial charge >= 0.3 is 9.05 Å². The van der Waals surface area contributed by atoms with Gasteiger partial charge in [0.1, 0.15) is 0 Å². The molecule has 1 fully saturated rings. The Morgan fingerprint density at radius 1 is 1.06 bits per heavy atom. The molecule has 1 heterocycles. The number of piperidine rings is 1. The quantitative estimate of drug-likeness (QED) is 0.570. The van der Waals surface area contributed by atoms with Crippen LogP contribution in [0.25, 0.3) is 0 Å². The highest BCUT2D eigenvalue weighted by atomic mass is 32.9. The van der Waals surface area contributed by atoms with Crippen LogP contribution in [0.4, 0.5) is 0 Å². The van der Waals surface area contributed by atoms with E-state index in [1.807, 2.05) is 0 Å². The van der Waals surface area contributed by atoms with Gasteiger partial charge in [0.2, 0.25) is 0 Å². The fourth-order valence-corrected chi connectivity index (χ4v) is 3.51. The van der Waals surface area contributed by atoms with Gasteiger partial charge in [0.05, 0.1) is 0 Å². The molecule has 0 unspecified atom stereocenters. The minimum Gasteiger partial charge on any atom is -0.303 e. The molecule has 1 aliphatic rings. The fourth-order valence-electron chi connectivity index (χ4n) is 1.96. The molecule has 0 aromatic carbocycles. The third kappa shape index (κ3) is 7.51. The molecule has 0 bridgehead atoms. The second-order valence-electron chi connectivity index (χ2n) is 4.23. The lowest BCUT2D eigenvalue weighted by molar-refractivity contribution is 0.224. The predicted octanol–water partition coefficient (Wildman–Crippen LogP) is 1.87. The van der Waals surface area contributed by atoms with E-state index in [2.05, 4.69) is 4.90 Å². The van der Waals surface area contributed by atoms with Gasteiger partial charge in [-0.1, -0.05) is 6.42 Å². The molecule has 1 saturated heterocycles. The van der Waals surface area contributed by atoms with Gasteiger partial charge in [-0.2, -0.15) is 4.21 Å².